The van der Waals surface area contributed by atoms with Crippen molar-refractivity contribution in [1.29, 1.82) is 0 Å². The van der Waals surface area contributed by atoms with E-state index < -0.39 is 5.69 Å². The largest absolute Gasteiger partial charge is 0.489 e. The van der Waals surface area contributed by atoms with E-state index in [9.17, 15) is 9.18 Å². The van der Waals surface area contributed by atoms with Gasteiger partial charge in [0.15, 0.2) is 5.82 Å². The average molecular weight is 511 g/mol. The lowest BCUT2D eigenvalue weighted by Gasteiger charge is -2.07. The standard InChI is InChI=1S/C29H27FN6O2/c1-34-16-24(22-10-9-21(15-26(22)34)38-18-19-6-3-2-4-7-19)28-32-33-29(37)36(28)27-17-35(13-5-12-31)25-11-8-20(30)14-23(25)27/h2-4,6-11,14-17H,5,12-13,18,31H2,1H3,(H,33,37). The number of H-pyrrole nitrogens is 1. The number of ether oxygens (including phenoxy) is 1. The van der Waals surface area contributed by atoms with Crippen molar-refractivity contribution in [3.8, 4) is 22.8 Å². The second-order valence-electron chi connectivity index (χ2n) is 9.31. The summed E-state index contributed by atoms with van der Waals surface area (Å²) in [5, 5.41) is 8.52. The number of nitrogens with two attached hydrogens (primary N) is 1. The van der Waals surface area contributed by atoms with Crippen LogP contribution in [0, 0.1) is 5.82 Å². The Morgan fingerprint density at radius 3 is 2.66 bits per heavy atom. The predicted octanol–water partition coefficient (Wildman–Crippen LogP) is 4.74. The molecule has 0 saturated carbocycles. The molecule has 0 fully saturated rings. The first kappa shape index (κ1) is 23.7. The van der Waals surface area contributed by atoms with E-state index in [1.165, 1.54) is 16.7 Å². The van der Waals surface area contributed by atoms with Crippen LogP contribution >= 0.6 is 0 Å². The van der Waals surface area contributed by atoms with Crippen molar-refractivity contribution in [2.75, 3.05) is 6.54 Å². The van der Waals surface area contributed by atoms with Gasteiger partial charge in [-0.1, -0.05) is 30.3 Å². The molecular formula is C29H27FN6O2. The number of aromatic amines is 1. The highest BCUT2D eigenvalue weighted by atomic mass is 19.1. The molecule has 0 aliphatic rings. The van der Waals surface area contributed by atoms with E-state index in [2.05, 4.69) is 10.2 Å². The molecule has 0 unspecified atom stereocenters. The minimum absolute atomic E-state index is 0.374. The Morgan fingerprint density at radius 2 is 1.84 bits per heavy atom. The summed E-state index contributed by atoms with van der Waals surface area (Å²) in [6, 6.07) is 20.5. The maximum atomic E-state index is 14.3. The summed E-state index contributed by atoms with van der Waals surface area (Å²) in [5.41, 5.74) is 9.51. The van der Waals surface area contributed by atoms with Gasteiger partial charge in [0.25, 0.3) is 0 Å². The van der Waals surface area contributed by atoms with E-state index in [1.807, 2.05) is 77.1 Å². The molecule has 0 atom stereocenters. The van der Waals surface area contributed by atoms with E-state index in [0.29, 0.717) is 36.6 Å². The number of benzene rings is 3. The summed E-state index contributed by atoms with van der Waals surface area (Å²) in [6.07, 6.45) is 4.55. The van der Waals surface area contributed by atoms with Gasteiger partial charge in [0.05, 0.1) is 16.7 Å². The maximum absolute atomic E-state index is 14.3. The van der Waals surface area contributed by atoms with Gasteiger partial charge in [-0.05, 0) is 48.9 Å². The molecule has 3 aromatic heterocycles. The normalized spacial score (nSPS) is 11.6. The number of nitrogens with one attached hydrogen (secondary N) is 1. The van der Waals surface area contributed by atoms with Crippen LogP contribution in [-0.2, 0) is 20.2 Å². The SMILES string of the molecule is Cn1cc(-c2n[nH]c(=O)n2-c2cn(CCCN)c3ccc(F)cc23)c2ccc(OCc3ccccc3)cc21. The molecule has 38 heavy (non-hydrogen) atoms. The van der Waals surface area contributed by atoms with Gasteiger partial charge in [-0.3, -0.25) is 0 Å². The van der Waals surface area contributed by atoms with Gasteiger partial charge in [0, 0.05) is 48.4 Å². The molecular weight excluding hydrogens is 483 g/mol. The van der Waals surface area contributed by atoms with Crippen LogP contribution in [0.15, 0.2) is 83.9 Å². The minimum Gasteiger partial charge on any atom is -0.489 e. The van der Waals surface area contributed by atoms with E-state index in [4.69, 9.17) is 10.5 Å². The van der Waals surface area contributed by atoms with Crippen LogP contribution in [0.1, 0.15) is 12.0 Å². The number of nitrogens with zero attached hydrogens (tertiary/aromatic N) is 4. The Hall–Kier alpha value is -4.63. The van der Waals surface area contributed by atoms with E-state index in [1.54, 1.807) is 6.07 Å². The first-order valence-electron chi connectivity index (χ1n) is 12.5. The van der Waals surface area contributed by atoms with Crippen molar-refractivity contribution in [2.45, 2.75) is 19.6 Å². The fourth-order valence-electron chi connectivity index (χ4n) is 4.95. The Balaban J connectivity index is 1.44. The average Bonchev–Trinajstić information content (AvgIpc) is 3.59. The summed E-state index contributed by atoms with van der Waals surface area (Å²) in [5.74, 6) is 0.814. The number of aryl methyl sites for hydroxylation is 2. The van der Waals surface area contributed by atoms with Crippen molar-refractivity contribution in [3.05, 3.63) is 101 Å². The second-order valence-corrected chi connectivity index (χ2v) is 9.31. The van der Waals surface area contributed by atoms with E-state index in [0.717, 1.165) is 39.7 Å². The van der Waals surface area contributed by atoms with Crippen molar-refractivity contribution in [3.63, 3.8) is 0 Å². The third-order valence-electron chi connectivity index (χ3n) is 6.79. The lowest BCUT2D eigenvalue weighted by atomic mass is 10.1. The van der Waals surface area contributed by atoms with E-state index >= 15 is 0 Å². The summed E-state index contributed by atoms with van der Waals surface area (Å²) in [4.78, 5) is 13.1. The van der Waals surface area contributed by atoms with Gasteiger partial charge in [0.2, 0.25) is 0 Å². The lowest BCUT2D eigenvalue weighted by molar-refractivity contribution is 0.306. The minimum atomic E-state index is -0.401. The molecule has 6 rings (SSSR count). The number of aromatic nitrogens is 5. The number of rotatable bonds is 8. The second kappa shape index (κ2) is 9.68. The van der Waals surface area contributed by atoms with Gasteiger partial charge >= 0.3 is 5.69 Å². The maximum Gasteiger partial charge on any atom is 0.348 e. The van der Waals surface area contributed by atoms with Crippen molar-refractivity contribution in [1.82, 2.24) is 23.9 Å². The van der Waals surface area contributed by atoms with Crippen molar-refractivity contribution in [2.24, 2.45) is 12.8 Å². The quantitative estimate of drug-likeness (QED) is 0.309. The van der Waals surface area contributed by atoms with Gasteiger partial charge in [-0.15, -0.1) is 0 Å². The molecule has 3 N–H and O–H groups in total. The zero-order valence-corrected chi connectivity index (χ0v) is 20.9. The summed E-state index contributed by atoms with van der Waals surface area (Å²) >= 11 is 0. The van der Waals surface area contributed by atoms with Crippen LogP contribution < -0.4 is 16.2 Å². The fourth-order valence-corrected chi connectivity index (χ4v) is 4.95. The summed E-state index contributed by atoms with van der Waals surface area (Å²) < 4.78 is 25.8. The van der Waals surface area contributed by atoms with Gasteiger partial charge in [-0.2, -0.15) is 5.10 Å². The first-order valence-corrected chi connectivity index (χ1v) is 12.5. The molecule has 0 aliphatic heterocycles. The molecule has 3 heterocycles. The molecule has 0 spiro atoms. The molecule has 9 heteroatoms. The number of hydrogen-bond donors (Lipinski definition) is 2. The highest BCUT2D eigenvalue weighted by Crippen LogP contribution is 2.34. The predicted molar refractivity (Wildman–Crippen MR) is 146 cm³/mol. The fraction of sp³-hybridized carbons (Fsp3) is 0.172. The first-order chi connectivity index (χ1) is 18.5. The molecule has 8 nitrogen and oxygen atoms in total. The van der Waals surface area contributed by atoms with Crippen LogP contribution in [0.2, 0.25) is 0 Å². The highest BCUT2D eigenvalue weighted by Gasteiger charge is 2.21. The number of fused-ring (bicyclic) bond motifs is 2. The highest BCUT2D eigenvalue weighted by molar-refractivity contribution is 5.96. The van der Waals surface area contributed by atoms with E-state index in [-0.39, 0.29) is 5.82 Å². The lowest BCUT2D eigenvalue weighted by Crippen LogP contribution is -2.15. The van der Waals surface area contributed by atoms with Gasteiger partial charge in [0.1, 0.15) is 18.2 Å². The van der Waals surface area contributed by atoms with Crippen molar-refractivity contribution >= 4 is 21.8 Å². The summed E-state index contributed by atoms with van der Waals surface area (Å²) in [7, 11) is 1.94. The van der Waals surface area contributed by atoms with Gasteiger partial charge < -0.3 is 19.6 Å². The van der Waals surface area contributed by atoms with Crippen molar-refractivity contribution < 1.29 is 9.13 Å². The van der Waals surface area contributed by atoms with Crippen LogP contribution in [0.5, 0.6) is 5.75 Å². The monoisotopic (exact) mass is 510 g/mol. The smallest absolute Gasteiger partial charge is 0.348 e. The Bertz CT molecular complexity index is 1810. The van der Waals surface area contributed by atoms with Crippen LogP contribution in [0.4, 0.5) is 4.39 Å². The number of halogens is 1. The molecule has 6 aromatic rings. The molecule has 192 valence electrons. The molecule has 3 aromatic carbocycles. The Kier molecular flexibility index (Phi) is 6.05. The summed E-state index contributed by atoms with van der Waals surface area (Å²) in [6.45, 7) is 1.65. The third kappa shape index (κ3) is 4.16. The molecule has 0 aliphatic carbocycles. The van der Waals surface area contributed by atoms with Crippen LogP contribution in [0.25, 0.3) is 38.9 Å². The number of hydrogen-bond acceptors (Lipinski definition) is 4. The topological polar surface area (TPSA) is 95.8 Å². The molecule has 0 bridgehead atoms. The third-order valence-corrected chi connectivity index (χ3v) is 6.79. The zero-order valence-electron chi connectivity index (χ0n) is 20.9. The Morgan fingerprint density at radius 1 is 1.00 bits per heavy atom. The van der Waals surface area contributed by atoms with Gasteiger partial charge in [-0.25, -0.2) is 18.9 Å². The molecule has 0 saturated heterocycles. The molecule has 0 radical (unpaired) electrons. The zero-order chi connectivity index (χ0) is 26.2. The Labute approximate surface area is 217 Å². The molecule has 0 amide bonds. The van der Waals surface area contributed by atoms with Crippen LogP contribution in [-0.4, -0.2) is 30.4 Å². The van der Waals surface area contributed by atoms with Crippen LogP contribution in [0.3, 0.4) is 0 Å².